The van der Waals surface area contributed by atoms with E-state index in [-0.39, 0.29) is 18.9 Å². The van der Waals surface area contributed by atoms with Crippen LogP contribution in [0.4, 0.5) is 8.78 Å². The van der Waals surface area contributed by atoms with E-state index in [1.165, 1.54) is 29.4 Å². The molecule has 5 nitrogen and oxygen atoms in total. The third-order valence-corrected chi connectivity index (χ3v) is 5.70. The van der Waals surface area contributed by atoms with E-state index < -0.39 is 21.9 Å². The van der Waals surface area contributed by atoms with Crippen LogP contribution in [0.3, 0.4) is 0 Å². The van der Waals surface area contributed by atoms with Crippen molar-refractivity contribution in [3.63, 3.8) is 0 Å². The first-order valence-corrected chi connectivity index (χ1v) is 10.6. The fraction of sp³-hybridized carbons (Fsp3) is 0.474. The lowest BCUT2D eigenvalue weighted by atomic mass is 10.1. The first-order chi connectivity index (χ1) is 12.5. The van der Waals surface area contributed by atoms with Gasteiger partial charge < -0.3 is 9.67 Å². The molecule has 0 aliphatic heterocycles. The lowest BCUT2D eigenvalue weighted by Crippen LogP contribution is -2.39. The Morgan fingerprint density at radius 1 is 1.41 bits per heavy atom. The summed E-state index contributed by atoms with van der Waals surface area (Å²) in [5.41, 5.74) is 1.82. The molecule has 8 heteroatoms. The molecule has 1 aromatic heterocycles. The zero-order valence-electron chi connectivity index (χ0n) is 16.0. The summed E-state index contributed by atoms with van der Waals surface area (Å²) in [6.07, 6.45) is 2.11. The molecule has 1 N–H and O–H groups in total. The molecule has 0 fully saturated rings. The van der Waals surface area contributed by atoms with E-state index in [9.17, 15) is 22.3 Å². The summed E-state index contributed by atoms with van der Waals surface area (Å²) in [5, 5.41) is 11.2. The zero-order valence-corrected chi connectivity index (χ0v) is 16.9. The van der Waals surface area contributed by atoms with Gasteiger partial charge in [-0.15, -0.1) is 0 Å². The summed E-state index contributed by atoms with van der Waals surface area (Å²) < 4.78 is 53.9. The number of aromatic nitrogens is 1. The van der Waals surface area contributed by atoms with Crippen LogP contribution < -0.4 is 0 Å². The number of allylic oxidation sites excluding steroid dienone is 1. The lowest BCUT2D eigenvalue weighted by Gasteiger charge is -2.23. The van der Waals surface area contributed by atoms with Crippen molar-refractivity contribution >= 4 is 27.0 Å². The molecule has 0 spiro atoms. The first kappa shape index (κ1) is 21.5. The maximum atomic E-state index is 13.8. The van der Waals surface area contributed by atoms with Crippen LogP contribution in [0.15, 0.2) is 24.0 Å². The Kier molecular flexibility index (Phi) is 6.77. The summed E-state index contributed by atoms with van der Waals surface area (Å²) in [6.45, 7) is 5.27. The van der Waals surface area contributed by atoms with Crippen molar-refractivity contribution in [2.24, 2.45) is 0 Å². The van der Waals surface area contributed by atoms with E-state index >= 15 is 0 Å². The predicted molar refractivity (Wildman–Crippen MR) is 104 cm³/mol. The van der Waals surface area contributed by atoms with E-state index in [1.54, 1.807) is 17.6 Å². The van der Waals surface area contributed by atoms with Crippen molar-refractivity contribution in [2.75, 3.05) is 19.3 Å². The Bertz CT molecular complexity index is 948. The molecule has 27 heavy (non-hydrogen) atoms. The molecule has 1 atom stereocenters. The molecule has 0 saturated heterocycles. The molecular weight excluding hydrogens is 374 g/mol. The van der Waals surface area contributed by atoms with Gasteiger partial charge in [0.1, 0.15) is 5.82 Å². The molecule has 0 saturated carbocycles. The van der Waals surface area contributed by atoms with Crippen molar-refractivity contribution in [1.29, 1.82) is 0 Å². The average Bonchev–Trinajstić information content (AvgIpc) is 2.78. The smallest absolute Gasteiger partial charge is 0.211 e. The average molecular weight is 400 g/mol. The molecule has 2 aromatic rings. The molecule has 2 rings (SSSR count). The van der Waals surface area contributed by atoms with Crippen molar-refractivity contribution in [3.05, 3.63) is 41.1 Å². The Balaban J connectivity index is 2.42. The number of hydrogen-bond acceptors (Lipinski definition) is 3. The van der Waals surface area contributed by atoms with E-state index in [0.717, 1.165) is 6.26 Å². The Morgan fingerprint density at radius 2 is 2.07 bits per heavy atom. The SMILES string of the molecule is CCCN(CC(O)Cn1c(C)c(/C=C(/C)F)c2ccc(F)cc21)S(C)(=O)=O. The minimum absolute atomic E-state index is 0.0611. The minimum atomic E-state index is -3.44. The molecular formula is C19H26F2N2O3S. The highest BCUT2D eigenvalue weighted by atomic mass is 32.2. The van der Waals surface area contributed by atoms with Crippen molar-refractivity contribution in [1.82, 2.24) is 8.87 Å². The van der Waals surface area contributed by atoms with Crippen molar-refractivity contribution in [2.45, 2.75) is 39.8 Å². The van der Waals surface area contributed by atoms with Gasteiger partial charge in [0.2, 0.25) is 10.0 Å². The van der Waals surface area contributed by atoms with Gasteiger partial charge in [-0.1, -0.05) is 6.92 Å². The Labute approximate surface area is 159 Å². The first-order valence-electron chi connectivity index (χ1n) is 8.80. The summed E-state index contributed by atoms with van der Waals surface area (Å²) in [6, 6.07) is 4.22. The topological polar surface area (TPSA) is 62.5 Å². The summed E-state index contributed by atoms with van der Waals surface area (Å²) in [7, 11) is -3.44. The zero-order chi connectivity index (χ0) is 20.4. The highest BCUT2D eigenvalue weighted by Gasteiger charge is 2.22. The largest absolute Gasteiger partial charge is 0.390 e. The van der Waals surface area contributed by atoms with Gasteiger partial charge in [-0.05, 0) is 44.5 Å². The van der Waals surface area contributed by atoms with Crippen LogP contribution in [0.25, 0.3) is 17.0 Å². The quantitative estimate of drug-likeness (QED) is 0.738. The second kappa shape index (κ2) is 8.50. The number of benzene rings is 1. The number of fused-ring (bicyclic) bond motifs is 1. The highest BCUT2D eigenvalue weighted by molar-refractivity contribution is 7.88. The van der Waals surface area contributed by atoms with Gasteiger partial charge in [0, 0.05) is 29.7 Å². The molecule has 1 aromatic carbocycles. The molecule has 0 amide bonds. The van der Waals surface area contributed by atoms with Gasteiger partial charge in [0.25, 0.3) is 0 Å². The number of hydrogen-bond donors (Lipinski definition) is 1. The van der Waals surface area contributed by atoms with Crippen molar-refractivity contribution < 1.29 is 22.3 Å². The van der Waals surface area contributed by atoms with Gasteiger partial charge in [0.05, 0.1) is 30.2 Å². The number of aliphatic hydroxyl groups excluding tert-OH is 1. The Hall–Kier alpha value is -1.77. The highest BCUT2D eigenvalue weighted by Crippen LogP contribution is 2.29. The normalized spacial score (nSPS) is 14.3. The van der Waals surface area contributed by atoms with Gasteiger partial charge in [-0.25, -0.2) is 17.2 Å². The minimum Gasteiger partial charge on any atom is -0.390 e. The molecule has 0 aliphatic carbocycles. The predicted octanol–water partition coefficient (Wildman–Crippen LogP) is 3.45. The number of sulfonamides is 1. The van der Waals surface area contributed by atoms with E-state index in [2.05, 4.69) is 0 Å². The molecule has 0 bridgehead atoms. The van der Waals surface area contributed by atoms with Crippen LogP contribution in [-0.2, 0) is 16.6 Å². The van der Waals surface area contributed by atoms with E-state index in [4.69, 9.17) is 0 Å². The monoisotopic (exact) mass is 400 g/mol. The fourth-order valence-electron chi connectivity index (χ4n) is 3.24. The summed E-state index contributed by atoms with van der Waals surface area (Å²) in [5.74, 6) is -0.819. The van der Waals surface area contributed by atoms with Gasteiger partial charge in [0.15, 0.2) is 0 Å². The van der Waals surface area contributed by atoms with Crippen LogP contribution in [0.2, 0.25) is 0 Å². The van der Waals surface area contributed by atoms with Gasteiger partial charge >= 0.3 is 0 Å². The van der Waals surface area contributed by atoms with Crippen LogP contribution in [-0.4, -0.2) is 47.8 Å². The molecule has 0 aliphatic rings. The van der Waals surface area contributed by atoms with E-state index in [1.807, 2.05) is 6.92 Å². The standard InChI is InChI=1S/C19H26F2N2O3S/c1-5-8-22(27(4,25)26)11-16(24)12-23-14(3)18(9-13(2)20)17-7-6-15(21)10-19(17)23/h6-7,9-10,16,24H,5,8,11-12H2,1-4H3/b13-9-. The maximum absolute atomic E-state index is 13.8. The lowest BCUT2D eigenvalue weighted by molar-refractivity contribution is 0.129. The summed E-state index contributed by atoms with van der Waals surface area (Å²) in [4.78, 5) is 0. The maximum Gasteiger partial charge on any atom is 0.211 e. The number of rotatable bonds is 8. The second-order valence-corrected chi connectivity index (χ2v) is 8.76. The van der Waals surface area contributed by atoms with E-state index in [0.29, 0.717) is 35.1 Å². The van der Waals surface area contributed by atoms with Gasteiger partial charge in [-0.3, -0.25) is 0 Å². The van der Waals surface area contributed by atoms with Crippen LogP contribution in [0.5, 0.6) is 0 Å². The van der Waals surface area contributed by atoms with Crippen LogP contribution in [0, 0.1) is 12.7 Å². The third-order valence-electron chi connectivity index (χ3n) is 4.43. The molecule has 1 unspecified atom stereocenters. The van der Waals surface area contributed by atoms with Gasteiger partial charge in [-0.2, -0.15) is 4.31 Å². The fourth-order valence-corrected chi connectivity index (χ4v) is 4.20. The van der Waals surface area contributed by atoms with Crippen LogP contribution >= 0.6 is 0 Å². The number of aliphatic hydroxyl groups is 1. The van der Waals surface area contributed by atoms with Crippen molar-refractivity contribution in [3.8, 4) is 0 Å². The second-order valence-electron chi connectivity index (χ2n) is 6.78. The molecule has 0 radical (unpaired) electrons. The third kappa shape index (κ3) is 5.15. The van der Waals surface area contributed by atoms with Crippen LogP contribution in [0.1, 0.15) is 31.5 Å². The Morgan fingerprint density at radius 3 is 2.63 bits per heavy atom. The molecule has 150 valence electrons. The number of halogens is 2. The molecule has 1 heterocycles. The number of nitrogens with zero attached hydrogens (tertiary/aromatic N) is 2. The summed E-state index contributed by atoms with van der Waals surface area (Å²) >= 11 is 0.